The minimum Gasteiger partial charge on any atom is -0.481 e. The van der Waals surface area contributed by atoms with Crippen molar-refractivity contribution in [3.63, 3.8) is 0 Å². The van der Waals surface area contributed by atoms with Crippen LogP contribution in [0.15, 0.2) is 36.9 Å². The molecule has 1 N–H and O–H groups in total. The smallest absolute Gasteiger partial charge is 0.312 e. The average Bonchev–Trinajstić information content (AvgIpc) is 2.62. The van der Waals surface area contributed by atoms with Crippen molar-refractivity contribution < 1.29 is 24.1 Å². The van der Waals surface area contributed by atoms with E-state index >= 15 is 0 Å². The quantitative estimate of drug-likeness (QED) is 0.653. The molecule has 140 valence electrons. The maximum absolute atomic E-state index is 10.7. The van der Waals surface area contributed by atoms with Gasteiger partial charge in [-0.25, -0.2) is 9.97 Å². The third kappa shape index (κ3) is 6.92. The predicted molar refractivity (Wildman–Crippen MR) is 93.7 cm³/mol. The normalized spacial score (nSPS) is 11.7. The summed E-state index contributed by atoms with van der Waals surface area (Å²) in [5.41, 5.74) is 0.448. The van der Waals surface area contributed by atoms with Crippen LogP contribution in [0.3, 0.4) is 0 Å². The largest absolute Gasteiger partial charge is 0.481 e. The van der Waals surface area contributed by atoms with Crippen LogP contribution in [-0.2, 0) is 20.9 Å². The molecule has 1 unspecified atom stereocenters. The Hall–Kier alpha value is -2.90. The molecule has 0 saturated carbocycles. The second kappa shape index (κ2) is 9.55. The number of carbonyl (C=O) groups is 2. The number of carbonyl (C=O) groups excluding carboxylic acids is 1. The third-order valence-electron chi connectivity index (χ3n) is 3.28. The minimum absolute atomic E-state index is 0.169. The Bertz CT molecular complexity index is 712. The Morgan fingerprint density at radius 1 is 1.27 bits per heavy atom. The van der Waals surface area contributed by atoms with E-state index in [9.17, 15) is 9.59 Å². The first-order valence-electron chi connectivity index (χ1n) is 8.09. The van der Waals surface area contributed by atoms with Crippen LogP contribution in [0.5, 0.6) is 0 Å². The van der Waals surface area contributed by atoms with Crippen molar-refractivity contribution in [1.29, 1.82) is 0 Å². The zero-order valence-electron chi connectivity index (χ0n) is 15.7. The van der Waals surface area contributed by atoms with Crippen molar-refractivity contribution in [2.75, 3.05) is 7.11 Å². The van der Waals surface area contributed by atoms with Crippen LogP contribution in [0.1, 0.15) is 27.7 Å². The number of aromatic nitrogens is 4. The number of carboxylic acid groups (broad SMARTS) is 1. The van der Waals surface area contributed by atoms with Crippen molar-refractivity contribution in [2.45, 2.75) is 34.2 Å². The second-order valence-corrected chi connectivity index (χ2v) is 6.69. The maximum Gasteiger partial charge on any atom is 0.312 e. The molecule has 8 nitrogen and oxygen atoms in total. The molecule has 0 fully saturated rings. The first kappa shape index (κ1) is 21.1. The molecule has 0 aliphatic rings. The molecule has 0 amide bonds. The summed E-state index contributed by atoms with van der Waals surface area (Å²) in [6.45, 7) is 7.44. The highest BCUT2D eigenvalue weighted by Crippen LogP contribution is 2.13. The fraction of sp³-hybridized carbons (Fsp3) is 0.444. The summed E-state index contributed by atoms with van der Waals surface area (Å²) in [5, 5.41) is 13.0. The lowest BCUT2D eigenvalue weighted by Crippen LogP contribution is -2.42. The van der Waals surface area contributed by atoms with Gasteiger partial charge in [0.15, 0.2) is 18.6 Å². The molecule has 0 radical (unpaired) electrons. The summed E-state index contributed by atoms with van der Waals surface area (Å²) < 4.78 is 6.06. The summed E-state index contributed by atoms with van der Waals surface area (Å²) >= 11 is 0. The lowest BCUT2D eigenvalue weighted by molar-refractivity contribution is -0.757. The Labute approximate surface area is 152 Å². The number of esters is 1. The molecular weight excluding hydrogens is 336 g/mol. The Kier molecular flexibility index (Phi) is 7.77. The Balaban J connectivity index is 0.000000359. The monoisotopic (exact) mass is 361 g/mol. The number of aliphatic carboxylic acids is 1. The van der Waals surface area contributed by atoms with E-state index in [0.29, 0.717) is 12.4 Å². The number of hydrogen-bond donors (Lipinski definition) is 1. The average molecular weight is 361 g/mol. The standard InChI is InChI=1S/C12H12N4O2.C6H12O2/c1-9(12(17)18)8-16-6-3-10(7-15-16)11-13-4-2-5-14-11;1-6(2,3)5(7)8-4/h2-7,9H,8H2,1H3;1-4H3/p+1. The van der Waals surface area contributed by atoms with Gasteiger partial charge in [0, 0.05) is 24.0 Å². The molecular formula is C18H25N4O4+. The van der Waals surface area contributed by atoms with Gasteiger partial charge in [0.05, 0.1) is 12.5 Å². The second-order valence-electron chi connectivity index (χ2n) is 6.69. The highest BCUT2D eigenvalue weighted by molar-refractivity contribution is 5.75. The Morgan fingerprint density at radius 3 is 2.27 bits per heavy atom. The van der Waals surface area contributed by atoms with Crippen LogP contribution in [0.2, 0.25) is 0 Å². The summed E-state index contributed by atoms with van der Waals surface area (Å²) in [6.07, 6.45) is 6.68. The molecule has 2 aromatic heterocycles. The number of methoxy groups -OCH3 is 1. The molecule has 0 aliphatic carbocycles. The highest BCUT2D eigenvalue weighted by atomic mass is 16.5. The first-order chi connectivity index (χ1) is 12.1. The molecule has 2 aromatic rings. The van der Waals surface area contributed by atoms with E-state index in [4.69, 9.17) is 5.11 Å². The van der Waals surface area contributed by atoms with Gasteiger partial charge in [0.1, 0.15) is 12.1 Å². The van der Waals surface area contributed by atoms with Gasteiger partial charge in [-0.2, -0.15) is 0 Å². The third-order valence-corrected chi connectivity index (χ3v) is 3.28. The molecule has 2 rings (SSSR count). The zero-order valence-corrected chi connectivity index (χ0v) is 15.7. The van der Waals surface area contributed by atoms with E-state index in [1.807, 2.05) is 26.8 Å². The SMILES string of the molecule is CC(C[n+]1ccc(-c2ncccn2)cn1)C(=O)O.COC(=O)C(C)(C)C. The van der Waals surface area contributed by atoms with Gasteiger partial charge in [-0.15, -0.1) is 0 Å². The van der Waals surface area contributed by atoms with Crippen LogP contribution in [-0.4, -0.2) is 39.2 Å². The molecule has 0 bridgehead atoms. The number of carboxylic acids is 1. The van der Waals surface area contributed by atoms with Crippen molar-refractivity contribution in [1.82, 2.24) is 15.1 Å². The van der Waals surface area contributed by atoms with Gasteiger partial charge in [-0.05, 0) is 38.9 Å². The van der Waals surface area contributed by atoms with E-state index in [2.05, 4.69) is 19.8 Å². The number of nitrogens with zero attached hydrogens (tertiary/aromatic N) is 4. The maximum atomic E-state index is 10.7. The van der Waals surface area contributed by atoms with Crippen LogP contribution in [0.25, 0.3) is 11.4 Å². The summed E-state index contributed by atoms with van der Waals surface area (Å²) in [7, 11) is 1.40. The van der Waals surface area contributed by atoms with Gasteiger partial charge >= 0.3 is 11.9 Å². The molecule has 26 heavy (non-hydrogen) atoms. The Morgan fingerprint density at radius 2 is 1.88 bits per heavy atom. The molecule has 8 heteroatoms. The minimum atomic E-state index is -0.834. The van der Waals surface area contributed by atoms with Gasteiger partial charge in [0.2, 0.25) is 0 Å². The summed E-state index contributed by atoms with van der Waals surface area (Å²) in [6, 6.07) is 3.56. The zero-order chi connectivity index (χ0) is 19.7. The number of hydrogen-bond acceptors (Lipinski definition) is 6. The topological polar surface area (TPSA) is 106 Å². The fourth-order valence-corrected chi connectivity index (χ4v) is 1.74. The van der Waals surface area contributed by atoms with Gasteiger partial charge in [0.25, 0.3) is 0 Å². The van der Waals surface area contributed by atoms with Gasteiger partial charge < -0.3 is 9.84 Å². The van der Waals surface area contributed by atoms with Crippen molar-refractivity contribution in [3.05, 3.63) is 36.9 Å². The summed E-state index contributed by atoms with van der Waals surface area (Å²) in [5.74, 6) is -0.873. The number of ether oxygens (including phenoxy) is 1. The van der Waals surface area contributed by atoms with Gasteiger partial charge in [-0.3, -0.25) is 9.59 Å². The molecule has 0 spiro atoms. The van der Waals surface area contributed by atoms with Gasteiger partial charge in [-0.1, -0.05) is 4.68 Å². The number of rotatable bonds is 4. The van der Waals surface area contributed by atoms with Crippen LogP contribution in [0.4, 0.5) is 0 Å². The summed E-state index contributed by atoms with van der Waals surface area (Å²) in [4.78, 5) is 29.6. The van der Waals surface area contributed by atoms with Crippen LogP contribution in [0, 0.1) is 11.3 Å². The first-order valence-corrected chi connectivity index (χ1v) is 8.09. The molecule has 2 heterocycles. The van der Waals surface area contributed by atoms with E-state index in [1.54, 1.807) is 42.5 Å². The predicted octanol–water partition coefficient (Wildman–Crippen LogP) is 1.75. The van der Waals surface area contributed by atoms with Crippen molar-refractivity contribution >= 4 is 11.9 Å². The molecule has 0 aliphatic heterocycles. The molecule has 0 saturated heterocycles. The lowest BCUT2D eigenvalue weighted by atomic mass is 9.98. The van der Waals surface area contributed by atoms with E-state index < -0.39 is 11.9 Å². The van der Waals surface area contributed by atoms with Crippen LogP contribution < -0.4 is 4.68 Å². The van der Waals surface area contributed by atoms with E-state index in [1.165, 1.54) is 7.11 Å². The molecule has 1 atom stereocenters. The van der Waals surface area contributed by atoms with Crippen molar-refractivity contribution in [3.8, 4) is 11.4 Å². The molecule has 0 aromatic carbocycles. The van der Waals surface area contributed by atoms with Crippen molar-refractivity contribution in [2.24, 2.45) is 11.3 Å². The van der Waals surface area contributed by atoms with E-state index in [-0.39, 0.29) is 11.4 Å². The highest BCUT2D eigenvalue weighted by Gasteiger charge is 2.21. The lowest BCUT2D eigenvalue weighted by Gasteiger charge is -2.13. The van der Waals surface area contributed by atoms with Crippen LogP contribution >= 0.6 is 0 Å². The fourth-order valence-electron chi connectivity index (χ4n) is 1.74. The van der Waals surface area contributed by atoms with E-state index in [0.717, 1.165) is 5.56 Å².